The highest BCUT2D eigenvalue weighted by atomic mass is 32.1. The molecule has 0 saturated carbocycles. The van der Waals surface area contributed by atoms with Gasteiger partial charge in [0.1, 0.15) is 0 Å². The lowest BCUT2D eigenvalue weighted by Crippen LogP contribution is -2.41. The van der Waals surface area contributed by atoms with Crippen molar-refractivity contribution in [3.8, 4) is 0 Å². The Bertz CT molecular complexity index is 670. The Morgan fingerprint density at radius 2 is 1.75 bits per heavy atom. The van der Waals surface area contributed by atoms with Gasteiger partial charge >= 0.3 is 0 Å². The maximum atomic E-state index is 12.0. The number of nitrogens with one attached hydrogen (secondary N) is 2. The lowest BCUT2D eigenvalue weighted by molar-refractivity contribution is -0.121. The maximum Gasteiger partial charge on any atom is 0.269 e. The molecule has 0 aliphatic carbocycles. The van der Waals surface area contributed by atoms with Crippen molar-refractivity contribution in [3.63, 3.8) is 0 Å². The molecule has 2 N–H and O–H groups in total. The van der Waals surface area contributed by atoms with Crippen LogP contribution in [0.4, 0.5) is 0 Å². The van der Waals surface area contributed by atoms with Gasteiger partial charge < -0.3 is 0 Å². The fourth-order valence-corrected chi connectivity index (χ4v) is 3.01. The molecule has 4 nitrogen and oxygen atoms in total. The van der Waals surface area contributed by atoms with E-state index < -0.39 is 0 Å². The second kappa shape index (κ2) is 8.11. The van der Waals surface area contributed by atoms with Crippen molar-refractivity contribution in [2.75, 3.05) is 0 Å². The normalized spacial score (nSPS) is 11.1. The first-order valence-electron chi connectivity index (χ1n) is 8.08. The number of carbonyl (C=O) groups is 2. The number of amides is 2. The molecule has 0 radical (unpaired) electrons. The average Bonchev–Trinajstić information content (AvgIpc) is 3.05. The molecule has 1 aromatic heterocycles. The first-order chi connectivity index (χ1) is 11.4. The van der Waals surface area contributed by atoms with Gasteiger partial charge in [0, 0.05) is 16.9 Å². The number of rotatable bonds is 5. The minimum absolute atomic E-state index is 0.0474. The summed E-state index contributed by atoms with van der Waals surface area (Å²) >= 11 is 1.69. The second-order valence-corrected chi connectivity index (χ2v) is 7.79. The molecular formula is C19H24N2O2S. The molecule has 0 aliphatic heterocycles. The molecule has 0 saturated heterocycles. The van der Waals surface area contributed by atoms with E-state index in [0.717, 1.165) is 18.4 Å². The van der Waals surface area contributed by atoms with Gasteiger partial charge in [-0.2, -0.15) is 0 Å². The van der Waals surface area contributed by atoms with Crippen LogP contribution >= 0.6 is 11.3 Å². The standard InChI is InChI=1S/C19H24N2O2S/c1-19(2,3)15-11-9-14(10-12-15)18(23)21-20-17(22)8-4-6-16-7-5-13-24-16/h5,7,9-13H,4,6,8H2,1-3H3,(H,20,22)(H,21,23). The van der Waals surface area contributed by atoms with Crippen LogP contribution in [-0.2, 0) is 16.6 Å². The molecule has 0 aliphatic rings. The highest BCUT2D eigenvalue weighted by Gasteiger charge is 2.14. The highest BCUT2D eigenvalue weighted by molar-refractivity contribution is 7.09. The fourth-order valence-electron chi connectivity index (χ4n) is 2.26. The summed E-state index contributed by atoms with van der Waals surface area (Å²) < 4.78 is 0. The number of hydrogen-bond donors (Lipinski definition) is 2. The molecule has 5 heteroatoms. The zero-order valence-electron chi connectivity index (χ0n) is 14.4. The number of aryl methyl sites for hydroxylation is 1. The van der Waals surface area contributed by atoms with Gasteiger partial charge in [-0.05, 0) is 47.4 Å². The van der Waals surface area contributed by atoms with Crippen molar-refractivity contribution in [1.29, 1.82) is 0 Å². The predicted molar refractivity (Wildman–Crippen MR) is 98.0 cm³/mol. The second-order valence-electron chi connectivity index (χ2n) is 6.76. The minimum Gasteiger partial charge on any atom is -0.273 e. The molecule has 0 spiro atoms. The van der Waals surface area contributed by atoms with E-state index in [0.29, 0.717) is 12.0 Å². The van der Waals surface area contributed by atoms with Gasteiger partial charge in [0.15, 0.2) is 0 Å². The van der Waals surface area contributed by atoms with Crippen LogP contribution < -0.4 is 10.9 Å². The van der Waals surface area contributed by atoms with Crippen LogP contribution in [0.2, 0.25) is 0 Å². The molecule has 1 aromatic carbocycles. The van der Waals surface area contributed by atoms with E-state index in [9.17, 15) is 9.59 Å². The van der Waals surface area contributed by atoms with Crippen molar-refractivity contribution in [2.45, 2.75) is 45.4 Å². The molecule has 0 fully saturated rings. The maximum absolute atomic E-state index is 12.0. The van der Waals surface area contributed by atoms with E-state index in [1.54, 1.807) is 23.5 Å². The first-order valence-corrected chi connectivity index (χ1v) is 8.96. The Kier molecular flexibility index (Phi) is 6.15. The summed E-state index contributed by atoms with van der Waals surface area (Å²) in [6, 6.07) is 11.5. The van der Waals surface area contributed by atoms with Gasteiger partial charge in [0.05, 0.1) is 0 Å². The molecule has 1 heterocycles. The highest BCUT2D eigenvalue weighted by Crippen LogP contribution is 2.22. The summed E-state index contributed by atoms with van der Waals surface area (Å²) in [6.45, 7) is 6.37. The van der Waals surface area contributed by atoms with Crippen molar-refractivity contribution < 1.29 is 9.59 Å². The smallest absolute Gasteiger partial charge is 0.269 e. The molecule has 2 aromatic rings. The van der Waals surface area contributed by atoms with Crippen molar-refractivity contribution in [1.82, 2.24) is 10.9 Å². The molecule has 0 atom stereocenters. The summed E-state index contributed by atoms with van der Waals surface area (Å²) in [5.41, 5.74) is 6.68. The molecule has 24 heavy (non-hydrogen) atoms. The third-order valence-corrected chi connectivity index (χ3v) is 4.67. The molecule has 128 valence electrons. The quantitative estimate of drug-likeness (QED) is 0.810. The first kappa shape index (κ1) is 18.2. The molecule has 0 bridgehead atoms. The van der Waals surface area contributed by atoms with Crippen molar-refractivity contribution >= 4 is 23.2 Å². The largest absolute Gasteiger partial charge is 0.273 e. The number of benzene rings is 1. The summed E-state index contributed by atoms with van der Waals surface area (Å²) in [7, 11) is 0. The molecular weight excluding hydrogens is 320 g/mol. The van der Waals surface area contributed by atoms with Gasteiger partial charge in [-0.1, -0.05) is 39.0 Å². The van der Waals surface area contributed by atoms with E-state index in [4.69, 9.17) is 0 Å². The van der Waals surface area contributed by atoms with Crippen molar-refractivity contribution in [2.24, 2.45) is 0 Å². The van der Waals surface area contributed by atoms with Crippen LogP contribution in [0.3, 0.4) is 0 Å². The summed E-state index contributed by atoms with van der Waals surface area (Å²) in [4.78, 5) is 25.1. The summed E-state index contributed by atoms with van der Waals surface area (Å²) in [5, 5.41) is 2.03. The predicted octanol–water partition coefficient (Wildman–Crippen LogP) is 3.83. The molecule has 2 rings (SSSR count). The van der Waals surface area contributed by atoms with Gasteiger partial charge in [0.25, 0.3) is 5.91 Å². The average molecular weight is 344 g/mol. The topological polar surface area (TPSA) is 58.2 Å². The third-order valence-electron chi connectivity index (χ3n) is 3.74. The van der Waals surface area contributed by atoms with E-state index >= 15 is 0 Å². The molecule has 2 amide bonds. The lowest BCUT2D eigenvalue weighted by atomic mass is 9.87. The Labute approximate surface area is 147 Å². The molecule has 0 unspecified atom stereocenters. The van der Waals surface area contributed by atoms with E-state index in [-0.39, 0.29) is 17.2 Å². The Morgan fingerprint density at radius 3 is 2.33 bits per heavy atom. The van der Waals surface area contributed by atoms with Gasteiger partial charge in [0.2, 0.25) is 5.91 Å². The number of carbonyl (C=O) groups excluding carboxylic acids is 2. The number of thiophene rings is 1. The zero-order valence-corrected chi connectivity index (χ0v) is 15.2. The third kappa shape index (κ3) is 5.49. The fraction of sp³-hybridized carbons (Fsp3) is 0.368. The van der Waals surface area contributed by atoms with Gasteiger partial charge in [-0.3, -0.25) is 20.4 Å². The van der Waals surface area contributed by atoms with E-state index in [1.807, 2.05) is 23.6 Å². The number of hydrazine groups is 1. The zero-order chi connectivity index (χ0) is 17.6. The van der Waals surface area contributed by atoms with Crippen LogP contribution in [0.25, 0.3) is 0 Å². The van der Waals surface area contributed by atoms with Crippen LogP contribution in [0.15, 0.2) is 41.8 Å². The monoisotopic (exact) mass is 344 g/mol. The van der Waals surface area contributed by atoms with Crippen LogP contribution in [0.1, 0.15) is 54.4 Å². The van der Waals surface area contributed by atoms with E-state index in [1.165, 1.54) is 4.88 Å². The van der Waals surface area contributed by atoms with Gasteiger partial charge in [-0.25, -0.2) is 0 Å². The summed E-state index contributed by atoms with van der Waals surface area (Å²) in [6.07, 6.45) is 2.04. The van der Waals surface area contributed by atoms with E-state index in [2.05, 4.69) is 37.7 Å². The SMILES string of the molecule is CC(C)(C)c1ccc(C(=O)NNC(=O)CCCc2cccs2)cc1. The Morgan fingerprint density at radius 1 is 1.04 bits per heavy atom. The lowest BCUT2D eigenvalue weighted by Gasteiger charge is -2.19. The summed E-state index contributed by atoms with van der Waals surface area (Å²) in [5.74, 6) is -0.478. The number of hydrogen-bond acceptors (Lipinski definition) is 3. The van der Waals surface area contributed by atoms with Crippen LogP contribution in [-0.4, -0.2) is 11.8 Å². The Hall–Kier alpha value is -2.14. The Balaban J connectivity index is 1.74. The van der Waals surface area contributed by atoms with Gasteiger partial charge in [-0.15, -0.1) is 11.3 Å². The minimum atomic E-state index is -0.304. The van der Waals surface area contributed by atoms with Crippen molar-refractivity contribution in [3.05, 3.63) is 57.8 Å². The van der Waals surface area contributed by atoms with Crippen LogP contribution in [0.5, 0.6) is 0 Å². The van der Waals surface area contributed by atoms with Crippen LogP contribution in [0, 0.1) is 0 Å².